The molecule has 1 atom stereocenters. The number of piperazine rings is 1. The fourth-order valence-electron chi connectivity index (χ4n) is 2.72. The second kappa shape index (κ2) is 6.87. The Balaban J connectivity index is 2.01. The van der Waals surface area contributed by atoms with E-state index in [0.717, 1.165) is 32.7 Å². The standard InChI is InChI=1S/C15H26N4/c1-4-13(2)18-7-9-19(10-8-18)15-5-6-17-12-14(15)11-16-3/h5-6,12-13,16H,4,7-11H2,1-3H3. The summed E-state index contributed by atoms with van der Waals surface area (Å²) in [5.74, 6) is 0. The van der Waals surface area contributed by atoms with Crippen molar-refractivity contribution in [1.82, 2.24) is 15.2 Å². The summed E-state index contributed by atoms with van der Waals surface area (Å²) in [7, 11) is 1.98. The minimum Gasteiger partial charge on any atom is -0.369 e. The number of hydrogen-bond acceptors (Lipinski definition) is 4. The fourth-order valence-corrected chi connectivity index (χ4v) is 2.72. The lowest BCUT2D eigenvalue weighted by Crippen LogP contribution is -2.49. The smallest absolute Gasteiger partial charge is 0.0443 e. The average molecular weight is 262 g/mol. The molecule has 106 valence electrons. The van der Waals surface area contributed by atoms with Gasteiger partial charge in [0.05, 0.1) is 0 Å². The third kappa shape index (κ3) is 3.45. The largest absolute Gasteiger partial charge is 0.369 e. The van der Waals surface area contributed by atoms with Crippen molar-refractivity contribution < 1.29 is 0 Å². The van der Waals surface area contributed by atoms with Crippen molar-refractivity contribution in [1.29, 1.82) is 0 Å². The zero-order valence-corrected chi connectivity index (χ0v) is 12.4. The molecular weight excluding hydrogens is 236 g/mol. The fraction of sp³-hybridized carbons (Fsp3) is 0.667. The van der Waals surface area contributed by atoms with Gasteiger partial charge < -0.3 is 10.2 Å². The normalized spacial score (nSPS) is 18.6. The zero-order chi connectivity index (χ0) is 13.7. The Hall–Kier alpha value is -1.13. The molecule has 0 amide bonds. The van der Waals surface area contributed by atoms with Crippen LogP contribution in [0.2, 0.25) is 0 Å². The topological polar surface area (TPSA) is 31.4 Å². The van der Waals surface area contributed by atoms with Crippen molar-refractivity contribution in [2.75, 3.05) is 38.1 Å². The predicted octanol–water partition coefficient (Wildman–Crippen LogP) is 1.72. The van der Waals surface area contributed by atoms with E-state index in [1.54, 1.807) is 0 Å². The van der Waals surface area contributed by atoms with Crippen LogP contribution in [0, 0.1) is 0 Å². The van der Waals surface area contributed by atoms with Crippen LogP contribution >= 0.6 is 0 Å². The van der Waals surface area contributed by atoms with E-state index in [-0.39, 0.29) is 0 Å². The van der Waals surface area contributed by atoms with Gasteiger partial charge in [-0.25, -0.2) is 0 Å². The summed E-state index contributed by atoms with van der Waals surface area (Å²) in [6, 6.07) is 2.85. The first-order chi connectivity index (χ1) is 9.26. The summed E-state index contributed by atoms with van der Waals surface area (Å²) >= 11 is 0. The third-order valence-electron chi connectivity index (χ3n) is 4.11. The highest BCUT2D eigenvalue weighted by Crippen LogP contribution is 2.21. The molecule has 1 saturated heterocycles. The summed E-state index contributed by atoms with van der Waals surface area (Å²) in [6.45, 7) is 10.0. The Bertz CT molecular complexity index is 385. The number of nitrogens with zero attached hydrogens (tertiary/aromatic N) is 3. The van der Waals surface area contributed by atoms with Gasteiger partial charge in [0, 0.05) is 62.4 Å². The first kappa shape index (κ1) is 14.3. The Kier molecular flexibility index (Phi) is 5.16. The van der Waals surface area contributed by atoms with Crippen molar-refractivity contribution in [3.05, 3.63) is 24.0 Å². The van der Waals surface area contributed by atoms with Crippen LogP contribution in [-0.4, -0.2) is 49.2 Å². The number of nitrogens with one attached hydrogen (secondary N) is 1. The number of aromatic nitrogens is 1. The third-order valence-corrected chi connectivity index (χ3v) is 4.11. The minimum atomic E-state index is 0.705. The SMILES string of the molecule is CCC(C)N1CCN(c2ccncc2CNC)CC1. The molecule has 0 aliphatic carbocycles. The molecule has 0 aromatic carbocycles. The highest BCUT2D eigenvalue weighted by atomic mass is 15.3. The van der Waals surface area contributed by atoms with Crippen molar-refractivity contribution in [3.63, 3.8) is 0 Å². The van der Waals surface area contributed by atoms with Crippen molar-refractivity contribution >= 4 is 5.69 Å². The Morgan fingerprint density at radius 1 is 1.32 bits per heavy atom. The van der Waals surface area contributed by atoms with Gasteiger partial charge in [0.2, 0.25) is 0 Å². The van der Waals surface area contributed by atoms with Gasteiger partial charge in [-0.3, -0.25) is 9.88 Å². The summed E-state index contributed by atoms with van der Waals surface area (Å²) in [6.07, 6.45) is 5.11. The second-order valence-electron chi connectivity index (χ2n) is 5.32. The molecule has 1 N–H and O–H groups in total. The molecule has 0 spiro atoms. The second-order valence-corrected chi connectivity index (χ2v) is 5.32. The zero-order valence-electron chi connectivity index (χ0n) is 12.4. The highest BCUT2D eigenvalue weighted by molar-refractivity contribution is 5.52. The monoisotopic (exact) mass is 262 g/mol. The molecule has 4 heteroatoms. The van der Waals surface area contributed by atoms with Gasteiger partial charge >= 0.3 is 0 Å². The van der Waals surface area contributed by atoms with E-state index < -0.39 is 0 Å². The maximum Gasteiger partial charge on any atom is 0.0443 e. The van der Waals surface area contributed by atoms with Gasteiger partial charge in [0.25, 0.3) is 0 Å². The molecule has 0 saturated carbocycles. The lowest BCUT2D eigenvalue weighted by Gasteiger charge is -2.39. The van der Waals surface area contributed by atoms with E-state index in [1.165, 1.54) is 17.7 Å². The molecule has 1 aromatic heterocycles. The van der Waals surface area contributed by atoms with E-state index in [2.05, 4.69) is 40.0 Å². The highest BCUT2D eigenvalue weighted by Gasteiger charge is 2.21. The molecule has 4 nitrogen and oxygen atoms in total. The summed E-state index contributed by atoms with van der Waals surface area (Å²) in [5.41, 5.74) is 2.63. The van der Waals surface area contributed by atoms with Crippen LogP contribution in [0.5, 0.6) is 0 Å². The van der Waals surface area contributed by atoms with Crippen LogP contribution in [-0.2, 0) is 6.54 Å². The Morgan fingerprint density at radius 2 is 2.05 bits per heavy atom. The first-order valence-corrected chi connectivity index (χ1v) is 7.32. The number of hydrogen-bond donors (Lipinski definition) is 1. The maximum atomic E-state index is 4.24. The van der Waals surface area contributed by atoms with E-state index in [1.807, 2.05) is 19.4 Å². The molecule has 1 aromatic rings. The van der Waals surface area contributed by atoms with Crippen molar-refractivity contribution in [2.24, 2.45) is 0 Å². The lowest BCUT2D eigenvalue weighted by molar-refractivity contribution is 0.192. The van der Waals surface area contributed by atoms with Crippen LogP contribution in [0.25, 0.3) is 0 Å². The summed E-state index contributed by atoms with van der Waals surface area (Å²) < 4.78 is 0. The van der Waals surface area contributed by atoms with Gasteiger partial charge in [-0.1, -0.05) is 6.92 Å². The number of rotatable bonds is 5. The molecule has 2 heterocycles. The van der Waals surface area contributed by atoms with Gasteiger partial charge in [-0.15, -0.1) is 0 Å². The van der Waals surface area contributed by atoms with Crippen LogP contribution in [0.15, 0.2) is 18.5 Å². The average Bonchev–Trinajstić information content (AvgIpc) is 2.47. The van der Waals surface area contributed by atoms with Crippen molar-refractivity contribution in [3.8, 4) is 0 Å². The van der Waals surface area contributed by atoms with E-state index in [4.69, 9.17) is 0 Å². The Labute approximate surface area is 116 Å². The number of anilines is 1. The Morgan fingerprint density at radius 3 is 2.68 bits per heavy atom. The molecule has 1 aliphatic rings. The minimum absolute atomic E-state index is 0.705. The number of pyridine rings is 1. The summed E-state index contributed by atoms with van der Waals surface area (Å²) in [5, 5.41) is 3.22. The lowest BCUT2D eigenvalue weighted by atomic mass is 10.1. The summed E-state index contributed by atoms with van der Waals surface area (Å²) in [4.78, 5) is 9.32. The van der Waals surface area contributed by atoms with Crippen LogP contribution in [0.3, 0.4) is 0 Å². The van der Waals surface area contributed by atoms with Gasteiger partial charge in [0.1, 0.15) is 0 Å². The molecule has 1 unspecified atom stereocenters. The van der Waals surface area contributed by atoms with Gasteiger partial charge in [-0.2, -0.15) is 0 Å². The van der Waals surface area contributed by atoms with Crippen LogP contribution < -0.4 is 10.2 Å². The van der Waals surface area contributed by atoms with Gasteiger partial charge in [0.15, 0.2) is 0 Å². The van der Waals surface area contributed by atoms with Crippen LogP contribution in [0.1, 0.15) is 25.8 Å². The van der Waals surface area contributed by atoms with E-state index in [9.17, 15) is 0 Å². The van der Waals surface area contributed by atoms with Crippen LogP contribution in [0.4, 0.5) is 5.69 Å². The molecule has 0 bridgehead atoms. The molecule has 1 fully saturated rings. The molecule has 0 radical (unpaired) electrons. The predicted molar refractivity (Wildman–Crippen MR) is 80.5 cm³/mol. The molecule has 2 rings (SSSR count). The van der Waals surface area contributed by atoms with Gasteiger partial charge in [-0.05, 0) is 26.5 Å². The van der Waals surface area contributed by atoms with E-state index >= 15 is 0 Å². The van der Waals surface area contributed by atoms with Crippen molar-refractivity contribution in [2.45, 2.75) is 32.9 Å². The first-order valence-electron chi connectivity index (χ1n) is 7.32. The quantitative estimate of drug-likeness (QED) is 0.875. The molecule has 19 heavy (non-hydrogen) atoms. The molecular formula is C15H26N4. The maximum absolute atomic E-state index is 4.24. The van der Waals surface area contributed by atoms with E-state index in [0.29, 0.717) is 6.04 Å². The molecule has 1 aliphatic heterocycles.